The maximum atomic E-state index is 13.4. The van der Waals surface area contributed by atoms with Crippen LogP contribution < -0.4 is 5.56 Å². The van der Waals surface area contributed by atoms with Gasteiger partial charge in [0.15, 0.2) is 4.77 Å². The van der Waals surface area contributed by atoms with E-state index in [2.05, 4.69) is 34.1 Å². The van der Waals surface area contributed by atoms with E-state index < -0.39 is 0 Å². The summed E-state index contributed by atoms with van der Waals surface area (Å²) >= 11 is 13.2. The van der Waals surface area contributed by atoms with Gasteiger partial charge in [0.1, 0.15) is 4.83 Å². The van der Waals surface area contributed by atoms with Gasteiger partial charge in [-0.3, -0.25) is 14.3 Å². The van der Waals surface area contributed by atoms with Crippen LogP contribution in [0.15, 0.2) is 59.4 Å². The van der Waals surface area contributed by atoms with Gasteiger partial charge in [0.05, 0.1) is 11.1 Å². The first-order valence-corrected chi connectivity index (χ1v) is 11.0. The van der Waals surface area contributed by atoms with Crippen molar-refractivity contribution in [1.29, 1.82) is 0 Å². The number of H-pyrrole nitrogens is 1. The fourth-order valence-corrected chi connectivity index (χ4v) is 5.69. The summed E-state index contributed by atoms with van der Waals surface area (Å²) in [6.45, 7) is 2.70. The highest BCUT2D eigenvalue weighted by atomic mass is 35.5. The predicted octanol–water partition coefficient (Wildman–Crippen LogP) is 5.32. The molecule has 146 valence electrons. The quantitative estimate of drug-likeness (QED) is 0.439. The smallest absolute Gasteiger partial charge is 0.267 e. The number of nitrogens with one attached hydrogen (secondary N) is 1. The summed E-state index contributed by atoms with van der Waals surface area (Å²) in [5.74, 6) is 0. The third-order valence-electron chi connectivity index (χ3n) is 5.31. The Balaban J connectivity index is 1.55. The van der Waals surface area contributed by atoms with Crippen molar-refractivity contribution in [3.8, 4) is 5.69 Å². The van der Waals surface area contributed by atoms with E-state index >= 15 is 0 Å². The van der Waals surface area contributed by atoms with E-state index in [1.54, 1.807) is 28.0 Å². The molecule has 3 heterocycles. The molecule has 4 aromatic rings. The summed E-state index contributed by atoms with van der Waals surface area (Å²) in [6.07, 6.45) is 0.864. The lowest BCUT2D eigenvalue weighted by atomic mass is 10.0. The van der Waals surface area contributed by atoms with Crippen LogP contribution in [-0.2, 0) is 19.5 Å². The number of hydrogen-bond acceptors (Lipinski definition) is 4. The Bertz CT molecular complexity index is 1310. The summed E-state index contributed by atoms with van der Waals surface area (Å²) in [7, 11) is 0. The van der Waals surface area contributed by atoms with Gasteiger partial charge in [-0.05, 0) is 54.0 Å². The average Bonchev–Trinajstić information content (AvgIpc) is 3.07. The molecule has 0 bridgehead atoms. The Hall–Kier alpha value is -2.25. The molecule has 0 radical (unpaired) electrons. The molecule has 2 aromatic heterocycles. The maximum Gasteiger partial charge on any atom is 0.267 e. The SMILES string of the molecule is O=c1c2c3c(sc2[nH]c(=S)n1-c1ccc(Cl)cc1)CN(Cc1ccccc1)CC3. The number of benzene rings is 2. The molecule has 0 saturated heterocycles. The second-order valence-electron chi connectivity index (χ2n) is 7.20. The molecule has 7 heteroatoms. The van der Waals surface area contributed by atoms with Crippen molar-refractivity contribution in [2.24, 2.45) is 0 Å². The largest absolute Gasteiger partial charge is 0.323 e. The molecule has 0 aliphatic carbocycles. The van der Waals surface area contributed by atoms with Gasteiger partial charge in [-0.2, -0.15) is 0 Å². The van der Waals surface area contributed by atoms with Gasteiger partial charge in [0.2, 0.25) is 0 Å². The number of halogens is 1. The third-order valence-corrected chi connectivity index (χ3v) is 6.98. The van der Waals surface area contributed by atoms with Crippen molar-refractivity contribution in [3.63, 3.8) is 0 Å². The number of nitrogens with zero attached hydrogens (tertiary/aromatic N) is 2. The molecule has 1 aliphatic rings. The summed E-state index contributed by atoms with van der Waals surface area (Å²) < 4.78 is 1.97. The molecular formula is C22H18ClN3OS2. The zero-order valence-electron chi connectivity index (χ0n) is 15.5. The van der Waals surface area contributed by atoms with Crippen LogP contribution in [0.4, 0.5) is 0 Å². The number of fused-ring (bicyclic) bond motifs is 3. The Kier molecular flexibility index (Phi) is 4.87. The number of hydrogen-bond donors (Lipinski definition) is 1. The van der Waals surface area contributed by atoms with Crippen molar-refractivity contribution in [2.75, 3.05) is 6.54 Å². The molecule has 0 atom stereocenters. The van der Waals surface area contributed by atoms with Crippen LogP contribution in [0.3, 0.4) is 0 Å². The van der Waals surface area contributed by atoms with Crippen LogP contribution in [-0.4, -0.2) is 21.0 Å². The Morgan fingerprint density at radius 2 is 1.86 bits per heavy atom. The minimum atomic E-state index is -0.0555. The van der Waals surface area contributed by atoms with Crippen LogP contribution in [0, 0.1) is 4.77 Å². The number of aromatic nitrogens is 2. The van der Waals surface area contributed by atoms with Crippen LogP contribution in [0.1, 0.15) is 16.0 Å². The van der Waals surface area contributed by atoms with Gasteiger partial charge in [0.25, 0.3) is 5.56 Å². The second kappa shape index (κ2) is 7.54. The molecule has 1 aliphatic heterocycles. The Morgan fingerprint density at radius 1 is 1.10 bits per heavy atom. The first-order valence-electron chi connectivity index (χ1n) is 9.42. The van der Waals surface area contributed by atoms with Gasteiger partial charge in [-0.25, -0.2) is 0 Å². The van der Waals surface area contributed by atoms with Gasteiger partial charge in [-0.15, -0.1) is 11.3 Å². The zero-order valence-corrected chi connectivity index (χ0v) is 17.9. The predicted molar refractivity (Wildman–Crippen MR) is 122 cm³/mol. The summed E-state index contributed by atoms with van der Waals surface area (Å²) in [5, 5.41) is 1.40. The van der Waals surface area contributed by atoms with E-state index in [4.69, 9.17) is 23.8 Å². The van der Waals surface area contributed by atoms with Crippen LogP contribution in [0.25, 0.3) is 15.9 Å². The molecule has 1 N–H and O–H groups in total. The standard InChI is InChI=1S/C22H18ClN3OS2/c23-15-6-8-16(9-7-15)26-21(27)19-17-10-11-25(12-14-4-2-1-3-5-14)13-18(17)29-20(19)24-22(26)28/h1-9H,10-13H2,(H,24,28). The van der Waals surface area contributed by atoms with Crippen molar-refractivity contribution in [3.05, 3.63) is 90.7 Å². The maximum absolute atomic E-state index is 13.4. The second-order valence-corrected chi connectivity index (χ2v) is 9.13. The molecule has 29 heavy (non-hydrogen) atoms. The molecule has 0 fully saturated rings. The summed E-state index contributed by atoms with van der Waals surface area (Å²) in [5.41, 5.74) is 3.14. The van der Waals surface area contributed by atoms with E-state index in [-0.39, 0.29) is 5.56 Å². The lowest BCUT2D eigenvalue weighted by Crippen LogP contribution is -2.30. The first-order chi connectivity index (χ1) is 14.1. The number of rotatable bonds is 3. The Morgan fingerprint density at radius 3 is 2.62 bits per heavy atom. The van der Waals surface area contributed by atoms with E-state index in [0.29, 0.717) is 9.79 Å². The van der Waals surface area contributed by atoms with Crippen LogP contribution in [0.5, 0.6) is 0 Å². The topological polar surface area (TPSA) is 41.0 Å². The van der Waals surface area contributed by atoms with E-state index in [0.717, 1.165) is 47.5 Å². The van der Waals surface area contributed by atoms with Crippen LogP contribution in [0.2, 0.25) is 5.02 Å². The summed E-state index contributed by atoms with van der Waals surface area (Å²) in [4.78, 5) is 21.2. The normalized spacial score (nSPS) is 14.2. The lowest BCUT2D eigenvalue weighted by Gasteiger charge is -2.26. The first kappa shape index (κ1) is 18.8. The van der Waals surface area contributed by atoms with E-state index in [9.17, 15) is 4.79 Å². The number of aromatic amines is 1. The van der Waals surface area contributed by atoms with Crippen molar-refractivity contribution >= 4 is 45.4 Å². The van der Waals surface area contributed by atoms with E-state index in [1.165, 1.54) is 10.4 Å². The highest BCUT2D eigenvalue weighted by Crippen LogP contribution is 2.33. The number of thiophene rings is 1. The monoisotopic (exact) mass is 439 g/mol. The van der Waals surface area contributed by atoms with E-state index in [1.807, 2.05) is 18.2 Å². The minimum Gasteiger partial charge on any atom is -0.323 e. The lowest BCUT2D eigenvalue weighted by molar-refractivity contribution is 0.249. The molecule has 0 saturated carbocycles. The highest BCUT2D eigenvalue weighted by molar-refractivity contribution is 7.71. The zero-order chi connectivity index (χ0) is 20.0. The molecule has 2 aromatic carbocycles. The molecule has 5 rings (SSSR count). The van der Waals surface area contributed by atoms with Gasteiger partial charge >= 0.3 is 0 Å². The third kappa shape index (κ3) is 3.46. The average molecular weight is 440 g/mol. The Labute approximate surface area is 182 Å². The molecular weight excluding hydrogens is 422 g/mol. The molecule has 4 nitrogen and oxygen atoms in total. The fraction of sp³-hybridized carbons (Fsp3) is 0.182. The van der Waals surface area contributed by atoms with Gasteiger partial charge < -0.3 is 4.98 Å². The van der Waals surface area contributed by atoms with Gasteiger partial charge in [-0.1, -0.05) is 41.9 Å². The minimum absolute atomic E-state index is 0.0555. The highest BCUT2D eigenvalue weighted by Gasteiger charge is 2.24. The van der Waals surface area contributed by atoms with Crippen molar-refractivity contribution in [1.82, 2.24) is 14.5 Å². The van der Waals surface area contributed by atoms with Crippen LogP contribution >= 0.6 is 35.2 Å². The molecule has 0 spiro atoms. The molecule has 0 amide bonds. The van der Waals surface area contributed by atoms with Gasteiger partial charge in [0, 0.05) is 29.5 Å². The summed E-state index contributed by atoms with van der Waals surface area (Å²) in [6, 6.07) is 17.7. The molecule has 0 unspecified atom stereocenters. The van der Waals surface area contributed by atoms with Crippen molar-refractivity contribution < 1.29 is 0 Å². The van der Waals surface area contributed by atoms with Crippen molar-refractivity contribution in [2.45, 2.75) is 19.5 Å². The fourth-order valence-electron chi connectivity index (χ4n) is 3.93.